The molecular weight excluding hydrogens is 258 g/mol. The van der Waals surface area contributed by atoms with Crippen molar-refractivity contribution in [1.29, 1.82) is 0 Å². The van der Waals surface area contributed by atoms with Crippen molar-refractivity contribution in [1.82, 2.24) is 5.32 Å². The second-order valence-corrected chi connectivity index (χ2v) is 6.91. The number of amides is 1. The molecule has 2 saturated carbocycles. The van der Waals surface area contributed by atoms with Gasteiger partial charge in [0.1, 0.15) is 0 Å². The first-order chi connectivity index (χ1) is 9.27. The minimum atomic E-state index is 0.262. The molecule has 3 heteroatoms. The Morgan fingerprint density at radius 1 is 0.895 bits per heavy atom. The SMILES string of the molecule is O=C(NCC1CCCCC1Cl)C1CCCCCCC1. The summed E-state index contributed by atoms with van der Waals surface area (Å²) in [7, 11) is 0. The van der Waals surface area contributed by atoms with E-state index < -0.39 is 0 Å². The number of carbonyl (C=O) groups is 1. The number of hydrogen-bond acceptors (Lipinski definition) is 1. The molecule has 0 heterocycles. The topological polar surface area (TPSA) is 29.1 Å². The minimum absolute atomic E-state index is 0.262. The maximum Gasteiger partial charge on any atom is 0.223 e. The maximum atomic E-state index is 12.3. The lowest BCUT2D eigenvalue weighted by molar-refractivity contribution is -0.125. The summed E-state index contributed by atoms with van der Waals surface area (Å²) >= 11 is 6.35. The first-order valence-electron chi connectivity index (χ1n) is 8.19. The molecule has 0 radical (unpaired) electrons. The van der Waals surface area contributed by atoms with Gasteiger partial charge in [0.25, 0.3) is 0 Å². The van der Waals surface area contributed by atoms with Gasteiger partial charge in [0, 0.05) is 17.8 Å². The Morgan fingerprint density at radius 3 is 2.16 bits per heavy atom. The van der Waals surface area contributed by atoms with E-state index in [1.807, 2.05) is 0 Å². The van der Waals surface area contributed by atoms with Crippen molar-refractivity contribution in [3.05, 3.63) is 0 Å². The summed E-state index contributed by atoms with van der Waals surface area (Å²) < 4.78 is 0. The summed E-state index contributed by atoms with van der Waals surface area (Å²) in [5.74, 6) is 1.04. The van der Waals surface area contributed by atoms with Crippen LogP contribution in [0.25, 0.3) is 0 Å². The van der Waals surface area contributed by atoms with Crippen molar-refractivity contribution >= 4 is 17.5 Å². The van der Waals surface area contributed by atoms with Crippen LogP contribution in [-0.2, 0) is 4.79 Å². The quantitative estimate of drug-likeness (QED) is 0.771. The average Bonchev–Trinajstić information content (AvgIpc) is 2.37. The second kappa shape index (κ2) is 8.14. The lowest BCUT2D eigenvalue weighted by Crippen LogP contribution is -2.38. The molecule has 0 saturated heterocycles. The molecular formula is C16H28ClNO. The van der Waals surface area contributed by atoms with Crippen LogP contribution in [0.15, 0.2) is 0 Å². The number of nitrogens with one attached hydrogen (secondary N) is 1. The highest BCUT2D eigenvalue weighted by atomic mass is 35.5. The number of hydrogen-bond donors (Lipinski definition) is 1. The van der Waals surface area contributed by atoms with Crippen LogP contribution < -0.4 is 5.32 Å². The highest BCUT2D eigenvalue weighted by molar-refractivity contribution is 6.20. The lowest BCUT2D eigenvalue weighted by Gasteiger charge is -2.28. The highest BCUT2D eigenvalue weighted by Crippen LogP contribution is 2.28. The van der Waals surface area contributed by atoms with E-state index in [0.29, 0.717) is 5.92 Å². The van der Waals surface area contributed by atoms with E-state index in [2.05, 4.69) is 5.32 Å². The summed E-state index contributed by atoms with van der Waals surface area (Å²) in [5.41, 5.74) is 0. The predicted octanol–water partition coefficient (Wildman–Crippen LogP) is 4.26. The molecule has 2 fully saturated rings. The molecule has 0 aliphatic heterocycles. The summed E-state index contributed by atoms with van der Waals surface area (Å²) in [5, 5.41) is 3.45. The zero-order valence-electron chi connectivity index (χ0n) is 12.0. The molecule has 1 amide bonds. The summed E-state index contributed by atoms with van der Waals surface area (Å²) in [6, 6.07) is 0. The van der Waals surface area contributed by atoms with E-state index in [-0.39, 0.29) is 17.2 Å². The third-order valence-corrected chi connectivity index (χ3v) is 5.41. The fourth-order valence-electron chi connectivity index (χ4n) is 3.49. The molecule has 1 N–H and O–H groups in total. The van der Waals surface area contributed by atoms with E-state index in [9.17, 15) is 4.79 Å². The lowest BCUT2D eigenvalue weighted by atomic mass is 9.88. The van der Waals surface area contributed by atoms with Crippen LogP contribution in [0.3, 0.4) is 0 Å². The molecule has 0 spiro atoms. The fraction of sp³-hybridized carbons (Fsp3) is 0.938. The van der Waals surface area contributed by atoms with Crippen molar-refractivity contribution in [2.75, 3.05) is 6.54 Å². The largest absolute Gasteiger partial charge is 0.356 e. The van der Waals surface area contributed by atoms with Crippen LogP contribution in [0.1, 0.15) is 70.6 Å². The minimum Gasteiger partial charge on any atom is -0.356 e. The molecule has 2 nitrogen and oxygen atoms in total. The Morgan fingerprint density at radius 2 is 1.47 bits per heavy atom. The fourth-order valence-corrected chi connectivity index (χ4v) is 3.86. The van der Waals surface area contributed by atoms with Crippen LogP contribution >= 0.6 is 11.6 Å². The third kappa shape index (κ3) is 4.98. The number of halogens is 1. The molecule has 19 heavy (non-hydrogen) atoms. The smallest absolute Gasteiger partial charge is 0.223 e. The standard InChI is InChI=1S/C16H28ClNO/c17-15-11-7-6-10-14(15)12-18-16(19)13-8-4-2-1-3-5-9-13/h13-15H,1-12H2,(H,18,19). The molecule has 0 bridgehead atoms. The van der Waals surface area contributed by atoms with E-state index in [4.69, 9.17) is 11.6 Å². The maximum absolute atomic E-state index is 12.3. The van der Waals surface area contributed by atoms with Gasteiger partial charge in [0.15, 0.2) is 0 Å². The number of alkyl halides is 1. The van der Waals surface area contributed by atoms with Gasteiger partial charge >= 0.3 is 0 Å². The van der Waals surface area contributed by atoms with Crippen molar-refractivity contribution in [2.45, 2.75) is 76.0 Å². The molecule has 2 aliphatic rings. The Bertz CT molecular complexity index is 274. The number of rotatable bonds is 3. The van der Waals surface area contributed by atoms with Gasteiger partial charge in [-0.1, -0.05) is 44.9 Å². The first kappa shape index (κ1) is 15.2. The zero-order valence-corrected chi connectivity index (χ0v) is 12.8. The second-order valence-electron chi connectivity index (χ2n) is 6.35. The Labute approximate surface area is 122 Å². The average molecular weight is 286 g/mol. The molecule has 0 aromatic carbocycles. The van der Waals surface area contributed by atoms with Gasteiger partial charge in [-0.15, -0.1) is 11.6 Å². The summed E-state index contributed by atoms with van der Waals surface area (Å²) in [4.78, 5) is 12.3. The predicted molar refractivity (Wildman–Crippen MR) is 80.4 cm³/mol. The van der Waals surface area contributed by atoms with Crippen molar-refractivity contribution < 1.29 is 4.79 Å². The molecule has 110 valence electrons. The first-order valence-corrected chi connectivity index (χ1v) is 8.63. The van der Waals surface area contributed by atoms with Crippen LogP contribution in [0, 0.1) is 11.8 Å². The zero-order chi connectivity index (χ0) is 13.5. The van der Waals surface area contributed by atoms with Crippen LogP contribution in [0.4, 0.5) is 0 Å². The van der Waals surface area contributed by atoms with Gasteiger partial charge in [0.05, 0.1) is 0 Å². The van der Waals surface area contributed by atoms with Gasteiger partial charge in [-0.2, -0.15) is 0 Å². The van der Waals surface area contributed by atoms with E-state index in [0.717, 1.165) is 25.8 Å². The Hall–Kier alpha value is -0.240. The van der Waals surface area contributed by atoms with Crippen molar-refractivity contribution in [2.24, 2.45) is 11.8 Å². The van der Waals surface area contributed by atoms with Crippen molar-refractivity contribution in [3.63, 3.8) is 0 Å². The number of carbonyl (C=O) groups excluding carboxylic acids is 1. The van der Waals surface area contributed by atoms with Gasteiger partial charge in [0.2, 0.25) is 5.91 Å². The van der Waals surface area contributed by atoms with Crippen LogP contribution in [0.5, 0.6) is 0 Å². The van der Waals surface area contributed by atoms with Crippen LogP contribution in [0.2, 0.25) is 0 Å². The van der Waals surface area contributed by atoms with E-state index >= 15 is 0 Å². The van der Waals surface area contributed by atoms with Gasteiger partial charge in [-0.3, -0.25) is 4.79 Å². The Kier molecular flexibility index (Phi) is 6.49. The Balaban J connectivity index is 1.72. The summed E-state index contributed by atoms with van der Waals surface area (Å²) in [6.45, 7) is 0.795. The molecule has 0 aromatic heterocycles. The normalized spacial score (nSPS) is 30.4. The monoisotopic (exact) mass is 285 g/mol. The molecule has 2 unspecified atom stereocenters. The summed E-state index contributed by atoms with van der Waals surface area (Å²) in [6.07, 6.45) is 13.4. The van der Waals surface area contributed by atoms with Crippen molar-refractivity contribution in [3.8, 4) is 0 Å². The highest BCUT2D eigenvalue weighted by Gasteiger charge is 2.25. The van der Waals surface area contributed by atoms with Crippen LogP contribution in [-0.4, -0.2) is 17.8 Å². The third-order valence-electron chi connectivity index (χ3n) is 4.83. The van der Waals surface area contributed by atoms with Gasteiger partial charge < -0.3 is 5.32 Å². The van der Waals surface area contributed by atoms with E-state index in [1.165, 1.54) is 51.4 Å². The molecule has 2 rings (SSSR count). The van der Waals surface area contributed by atoms with Gasteiger partial charge in [-0.25, -0.2) is 0 Å². The molecule has 2 atom stereocenters. The van der Waals surface area contributed by atoms with E-state index in [1.54, 1.807) is 0 Å². The molecule has 0 aromatic rings. The van der Waals surface area contributed by atoms with Gasteiger partial charge in [-0.05, 0) is 31.6 Å². The molecule has 2 aliphatic carbocycles.